The molecule has 1 aromatic rings. The molecular weight excluding hydrogens is 456 g/mol. The van der Waals surface area contributed by atoms with E-state index in [1.807, 2.05) is 24.3 Å². The van der Waals surface area contributed by atoms with E-state index < -0.39 is 9.84 Å². The molecule has 33 heavy (non-hydrogen) atoms. The van der Waals surface area contributed by atoms with Crippen LogP contribution in [0.5, 0.6) is 0 Å². The molecule has 2 heterocycles. The molecule has 2 atom stereocenters. The number of benzene rings is 1. The Bertz CT molecular complexity index is 956. The van der Waals surface area contributed by atoms with Gasteiger partial charge in [0.05, 0.1) is 17.5 Å². The highest BCUT2D eigenvalue weighted by Gasteiger charge is 2.42. The summed E-state index contributed by atoms with van der Waals surface area (Å²) in [5.74, 6) is 0.290. The number of anilines is 1. The number of hydrogen-bond acceptors (Lipinski definition) is 7. The summed E-state index contributed by atoms with van der Waals surface area (Å²) in [5.41, 5.74) is 1.48. The molecule has 0 spiro atoms. The number of sulfone groups is 1. The van der Waals surface area contributed by atoms with E-state index in [0.717, 1.165) is 23.8 Å². The molecule has 2 fully saturated rings. The van der Waals surface area contributed by atoms with Crippen molar-refractivity contribution in [2.24, 2.45) is 4.99 Å². The van der Waals surface area contributed by atoms with Crippen molar-refractivity contribution in [2.75, 3.05) is 29.9 Å². The van der Waals surface area contributed by atoms with Crippen molar-refractivity contribution >= 4 is 38.4 Å². The van der Waals surface area contributed by atoms with Crippen LogP contribution in [0, 0.1) is 0 Å². The third kappa shape index (κ3) is 6.51. The fourth-order valence-electron chi connectivity index (χ4n) is 5.09. The maximum atomic E-state index is 12.5. The average molecular weight is 493 g/mol. The van der Waals surface area contributed by atoms with Gasteiger partial charge in [-0.1, -0.05) is 31.0 Å². The Morgan fingerprint density at radius 2 is 1.88 bits per heavy atom. The first-order valence-corrected chi connectivity index (χ1v) is 14.9. The number of nitrogens with one attached hydrogen (secondary N) is 2. The predicted octanol–water partition coefficient (Wildman–Crippen LogP) is 3.53. The highest BCUT2D eigenvalue weighted by Crippen LogP contribution is 2.34. The average Bonchev–Trinajstić information content (AvgIpc) is 3.26. The van der Waals surface area contributed by atoms with Crippen molar-refractivity contribution in [2.45, 2.75) is 75.7 Å². The highest BCUT2D eigenvalue weighted by molar-refractivity contribution is 8.15. The number of fused-ring (bicyclic) bond motifs is 1. The Kier molecular flexibility index (Phi) is 8.02. The molecule has 0 radical (unpaired) electrons. The lowest BCUT2D eigenvalue weighted by atomic mass is 9.93. The summed E-state index contributed by atoms with van der Waals surface area (Å²) in [6.45, 7) is 6.24. The number of amidine groups is 1. The van der Waals surface area contributed by atoms with Crippen LogP contribution in [0.25, 0.3) is 0 Å². The van der Waals surface area contributed by atoms with Crippen LogP contribution in [0.4, 0.5) is 5.69 Å². The van der Waals surface area contributed by atoms with Crippen molar-refractivity contribution in [1.29, 1.82) is 0 Å². The number of hydrogen-bond donors (Lipinski definition) is 2. The van der Waals surface area contributed by atoms with Crippen molar-refractivity contribution < 1.29 is 13.2 Å². The number of amides is 1. The Balaban J connectivity index is 1.21. The summed E-state index contributed by atoms with van der Waals surface area (Å²) in [4.78, 5) is 19.7. The summed E-state index contributed by atoms with van der Waals surface area (Å²) in [5, 5.41) is 7.08. The second kappa shape index (κ2) is 10.8. The Morgan fingerprint density at radius 3 is 2.55 bits per heavy atom. The van der Waals surface area contributed by atoms with Crippen LogP contribution < -0.4 is 10.6 Å². The molecule has 3 aliphatic rings. The second-order valence-electron chi connectivity index (χ2n) is 9.67. The number of aliphatic imine (C=N–C) groups is 1. The van der Waals surface area contributed by atoms with E-state index in [1.54, 1.807) is 0 Å². The fourth-order valence-corrected chi connectivity index (χ4v) is 8.76. The number of rotatable bonds is 8. The molecule has 1 aliphatic carbocycles. The van der Waals surface area contributed by atoms with Gasteiger partial charge in [0, 0.05) is 41.7 Å². The van der Waals surface area contributed by atoms with E-state index in [0.29, 0.717) is 24.2 Å². The van der Waals surface area contributed by atoms with E-state index in [1.165, 1.54) is 43.9 Å². The summed E-state index contributed by atoms with van der Waals surface area (Å²) < 4.78 is 23.4. The van der Waals surface area contributed by atoms with Gasteiger partial charge in [-0.2, -0.15) is 0 Å². The minimum Gasteiger partial charge on any atom is -0.352 e. The quantitative estimate of drug-likeness (QED) is 0.540. The Hall–Kier alpha value is -1.58. The summed E-state index contributed by atoms with van der Waals surface area (Å²) in [6.07, 6.45) is 7.60. The van der Waals surface area contributed by atoms with Crippen LogP contribution >= 0.6 is 11.8 Å². The molecule has 9 heteroatoms. The summed E-state index contributed by atoms with van der Waals surface area (Å²) in [6, 6.07) is 8.45. The normalized spacial score (nSPS) is 24.7. The van der Waals surface area contributed by atoms with Gasteiger partial charge >= 0.3 is 0 Å². The lowest BCUT2D eigenvalue weighted by Gasteiger charge is -2.37. The van der Waals surface area contributed by atoms with E-state index in [4.69, 9.17) is 0 Å². The molecule has 1 amide bonds. The molecule has 2 N–H and O–H groups in total. The maximum Gasteiger partial charge on any atom is 0.251 e. The number of carbonyl (C=O) groups is 1. The van der Waals surface area contributed by atoms with Gasteiger partial charge in [0.1, 0.15) is 0 Å². The minimum absolute atomic E-state index is 0.0206. The first kappa shape index (κ1) is 24.5. The van der Waals surface area contributed by atoms with Gasteiger partial charge in [-0.25, -0.2) is 8.42 Å². The summed E-state index contributed by atoms with van der Waals surface area (Å²) >= 11 is 1.49. The minimum atomic E-state index is -2.94. The molecule has 1 saturated carbocycles. The SMILES string of the molecule is CC(C)N(CCCNC(=O)c1ccc(NC2=N[C@H]3CS(=O)(=O)C[C@@H]3S2)cc1)C1CCCCC1. The number of carbonyl (C=O) groups excluding carboxylic acids is 1. The van der Waals surface area contributed by atoms with Crippen LogP contribution in [0.1, 0.15) is 62.7 Å². The third-order valence-corrected chi connectivity index (χ3v) is 9.94. The molecule has 2 aliphatic heterocycles. The van der Waals surface area contributed by atoms with Gasteiger partial charge in [-0.15, -0.1) is 0 Å². The van der Waals surface area contributed by atoms with Crippen LogP contribution in [0.15, 0.2) is 29.3 Å². The molecule has 0 aromatic heterocycles. The molecular formula is C24H36N4O3S2. The van der Waals surface area contributed by atoms with Gasteiger partial charge in [0.2, 0.25) is 0 Å². The van der Waals surface area contributed by atoms with Crippen molar-refractivity contribution in [3.8, 4) is 0 Å². The monoisotopic (exact) mass is 492 g/mol. The highest BCUT2D eigenvalue weighted by atomic mass is 32.2. The van der Waals surface area contributed by atoms with E-state index in [2.05, 4.69) is 34.4 Å². The van der Waals surface area contributed by atoms with E-state index in [9.17, 15) is 13.2 Å². The van der Waals surface area contributed by atoms with Gasteiger partial charge in [-0.05, 0) is 57.4 Å². The molecule has 7 nitrogen and oxygen atoms in total. The van der Waals surface area contributed by atoms with E-state index >= 15 is 0 Å². The molecule has 1 saturated heterocycles. The zero-order valence-electron chi connectivity index (χ0n) is 19.6. The number of nitrogens with zero attached hydrogens (tertiary/aromatic N) is 2. The predicted molar refractivity (Wildman–Crippen MR) is 137 cm³/mol. The third-order valence-electron chi connectivity index (χ3n) is 6.80. The Labute approximate surface area is 202 Å². The second-order valence-corrected chi connectivity index (χ2v) is 13.1. The molecule has 0 bridgehead atoms. The lowest BCUT2D eigenvalue weighted by molar-refractivity contribution is 0.0942. The Morgan fingerprint density at radius 1 is 1.15 bits per heavy atom. The standard InChI is InChI=1S/C24H36N4O3S2/c1-17(2)28(20-7-4-3-5-8-20)14-6-13-25-23(29)18-9-11-19(12-10-18)26-24-27-21-15-33(30,31)16-22(21)32-24/h9-12,17,20-22H,3-8,13-16H2,1-2H3,(H,25,29)(H,26,27)/t21-,22-/m0/s1. The maximum absolute atomic E-state index is 12.5. The molecule has 1 aromatic carbocycles. The van der Waals surface area contributed by atoms with Gasteiger partial charge in [0.15, 0.2) is 15.0 Å². The lowest BCUT2D eigenvalue weighted by Crippen LogP contribution is -2.43. The zero-order chi connectivity index (χ0) is 23.4. The van der Waals surface area contributed by atoms with Crippen LogP contribution in [-0.4, -0.2) is 72.4 Å². The first-order valence-electron chi connectivity index (χ1n) is 12.2. The number of thioether (sulfide) groups is 1. The first-order chi connectivity index (χ1) is 15.8. The van der Waals surface area contributed by atoms with Crippen LogP contribution in [0.3, 0.4) is 0 Å². The van der Waals surface area contributed by atoms with Crippen molar-refractivity contribution in [1.82, 2.24) is 10.2 Å². The van der Waals surface area contributed by atoms with Gasteiger partial charge in [0.25, 0.3) is 5.91 Å². The van der Waals surface area contributed by atoms with Crippen molar-refractivity contribution in [3.05, 3.63) is 29.8 Å². The van der Waals surface area contributed by atoms with E-state index in [-0.39, 0.29) is 28.7 Å². The van der Waals surface area contributed by atoms with Crippen molar-refractivity contribution in [3.63, 3.8) is 0 Å². The zero-order valence-corrected chi connectivity index (χ0v) is 21.3. The largest absolute Gasteiger partial charge is 0.352 e. The molecule has 182 valence electrons. The van der Waals surface area contributed by atoms with Crippen LogP contribution in [-0.2, 0) is 9.84 Å². The summed E-state index contributed by atoms with van der Waals surface area (Å²) in [7, 11) is -2.94. The van der Waals surface area contributed by atoms with Gasteiger partial charge < -0.3 is 10.6 Å². The molecule has 4 rings (SSSR count). The fraction of sp³-hybridized carbons (Fsp3) is 0.667. The van der Waals surface area contributed by atoms with Gasteiger partial charge in [-0.3, -0.25) is 14.7 Å². The van der Waals surface area contributed by atoms with Crippen LogP contribution in [0.2, 0.25) is 0 Å². The molecule has 0 unspecified atom stereocenters. The smallest absolute Gasteiger partial charge is 0.251 e. The topological polar surface area (TPSA) is 90.9 Å².